The minimum Gasteiger partial charge on any atom is -0.461 e. The van der Waals surface area contributed by atoms with Crippen LogP contribution in [0.3, 0.4) is 0 Å². The van der Waals surface area contributed by atoms with Gasteiger partial charge in [-0.15, -0.1) is 0 Å². The fourth-order valence-corrected chi connectivity index (χ4v) is 3.49. The highest BCUT2D eigenvalue weighted by atomic mass is 17.1. The first-order valence-corrected chi connectivity index (χ1v) is 10.1. The lowest BCUT2D eigenvalue weighted by atomic mass is 9.85. The molecule has 1 N–H and O–H groups in total. The minimum atomic E-state index is -0.720. The van der Waals surface area contributed by atoms with E-state index in [9.17, 15) is 14.4 Å². The summed E-state index contributed by atoms with van der Waals surface area (Å²) in [6, 6.07) is 0. The van der Waals surface area contributed by atoms with E-state index in [1.165, 1.54) is 6.92 Å². The van der Waals surface area contributed by atoms with Gasteiger partial charge < -0.3 is 14.2 Å². The summed E-state index contributed by atoms with van der Waals surface area (Å²) in [6.45, 7) is 8.86. The van der Waals surface area contributed by atoms with E-state index < -0.39 is 30.1 Å². The second-order valence-electron chi connectivity index (χ2n) is 7.69. The molecule has 0 unspecified atom stereocenters. The Balaban J connectivity index is 2.41. The van der Waals surface area contributed by atoms with Crippen molar-refractivity contribution in [3.63, 3.8) is 0 Å². The summed E-state index contributed by atoms with van der Waals surface area (Å²) in [6.07, 6.45) is 4.26. The first-order chi connectivity index (χ1) is 14.3. The van der Waals surface area contributed by atoms with Gasteiger partial charge in [-0.1, -0.05) is 26.5 Å². The van der Waals surface area contributed by atoms with Crippen LogP contribution < -0.4 is 0 Å². The fraction of sp³-hybridized carbons (Fsp3) is 0.591. The molecule has 0 amide bonds. The molecule has 1 aliphatic heterocycles. The average Bonchev–Trinajstić information content (AvgIpc) is 2.97. The molecule has 166 valence electrons. The first kappa shape index (κ1) is 23.8. The van der Waals surface area contributed by atoms with E-state index in [2.05, 4.69) is 11.5 Å². The van der Waals surface area contributed by atoms with Gasteiger partial charge in [-0.3, -0.25) is 14.8 Å². The van der Waals surface area contributed by atoms with Crippen LogP contribution in [0, 0.1) is 11.8 Å². The zero-order valence-corrected chi connectivity index (χ0v) is 17.7. The highest BCUT2D eigenvalue weighted by Gasteiger charge is 2.45. The largest absolute Gasteiger partial charge is 0.461 e. The van der Waals surface area contributed by atoms with E-state index in [-0.39, 0.29) is 37.1 Å². The van der Waals surface area contributed by atoms with Crippen molar-refractivity contribution in [3.05, 3.63) is 35.5 Å². The molecule has 8 heteroatoms. The topological polar surface area (TPSA) is 108 Å². The molecule has 0 aromatic heterocycles. The molecule has 1 aliphatic carbocycles. The van der Waals surface area contributed by atoms with E-state index in [4.69, 9.17) is 19.5 Å². The lowest BCUT2D eigenvalue weighted by Gasteiger charge is -2.29. The molecule has 0 aromatic carbocycles. The van der Waals surface area contributed by atoms with Crippen molar-refractivity contribution in [1.29, 1.82) is 0 Å². The van der Waals surface area contributed by atoms with Gasteiger partial charge in [0.05, 0.1) is 11.8 Å². The quantitative estimate of drug-likeness (QED) is 0.166. The van der Waals surface area contributed by atoms with Crippen molar-refractivity contribution >= 4 is 17.9 Å². The maximum Gasteiger partial charge on any atom is 0.334 e. The van der Waals surface area contributed by atoms with Gasteiger partial charge in [0.2, 0.25) is 0 Å². The van der Waals surface area contributed by atoms with Crippen molar-refractivity contribution in [2.45, 2.75) is 58.7 Å². The van der Waals surface area contributed by atoms with Gasteiger partial charge in [0.1, 0.15) is 25.4 Å². The van der Waals surface area contributed by atoms with Gasteiger partial charge >= 0.3 is 17.9 Å². The molecule has 2 aliphatic rings. The Labute approximate surface area is 176 Å². The summed E-state index contributed by atoms with van der Waals surface area (Å²) in [5, 5.41) is 8.90. The van der Waals surface area contributed by atoms with Crippen LogP contribution in [-0.2, 0) is 33.5 Å². The smallest absolute Gasteiger partial charge is 0.334 e. The van der Waals surface area contributed by atoms with Crippen LogP contribution >= 0.6 is 0 Å². The fourth-order valence-electron chi connectivity index (χ4n) is 3.49. The lowest BCUT2D eigenvalue weighted by molar-refractivity contribution is -0.234. The van der Waals surface area contributed by atoms with Gasteiger partial charge in [-0.2, -0.15) is 0 Å². The normalized spacial score (nSPS) is 28.9. The summed E-state index contributed by atoms with van der Waals surface area (Å²) in [5.74, 6) is -2.25. The Morgan fingerprint density at radius 3 is 2.70 bits per heavy atom. The van der Waals surface area contributed by atoms with Crippen molar-refractivity contribution in [3.8, 4) is 0 Å². The molecule has 8 nitrogen and oxygen atoms in total. The Bertz CT molecular complexity index is 735. The van der Waals surface area contributed by atoms with Crippen LogP contribution in [-0.4, -0.2) is 48.6 Å². The number of carbonyl (C=O) groups is 3. The molecule has 0 radical (unpaired) electrons. The molecule has 0 bridgehead atoms. The van der Waals surface area contributed by atoms with Crippen molar-refractivity contribution in [1.82, 2.24) is 0 Å². The van der Waals surface area contributed by atoms with Crippen LogP contribution in [0.4, 0.5) is 0 Å². The Morgan fingerprint density at radius 2 is 2.07 bits per heavy atom. The summed E-state index contributed by atoms with van der Waals surface area (Å²) in [7, 11) is 0. The molecular weight excluding hydrogens is 392 g/mol. The highest BCUT2D eigenvalue weighted by molar-refractivity contribution is 5.91. The van der Waals surface area contributed by atoms with E-state index in [1.54, 1.807) is 13.0 Å². The third-order valence-electron chi connectivity index (χ3n) is 5.42. The van der Waals surface area contributed by atoms with Crippen LogP contribution in [0.2, 0.25) is 0 Å². The van der Waals surface area contributed by atoms with E-state index >= 15 is 0 Å². The van der Waals surface area contributed by atoms with Gasteiger partial charge in [-0.05, 0) is 36.5 Å². The SMILES string of the molecule is C=C1C(=O)O[C@@H]2/C=C(\COO)CC/C=C(\COC(C)=O)C[C@@H](OC(=O)[C@@H](C)CC)[C@@H]12. The second kappa shape index (κ2) is 11.1. The summed E-state index contributed by atoms with van der Waals surface area (Å²) >= 11 is 0. The minimum absolute atomic E-state index is 0.0440. The molecule has 1 heterocycles. The number of ether oxygens (including phenoxy) is 3. The molecule has 0 spiro atoms. The van der Waals surface area contributed by atoms with Gasteiger partial charge in [0.15, 0.2) is 0 Å². The molecule has 2 rings (SSSR count). The first-order valence-electron chi connectivity index (χ1n) is 10.1. The Morgan fingerprint density at radius 1 is 1.33 bits per heavy atom. The lowest BCUT2D eigenvalue weighted by Crippen LogP contribution is -2.35. The number of rotatable bonds is 7. The number of carbonyl (C=O) groups excluding carboxylic acids is 3. The number of fused-ring (bicyclic) bond motifs is 1. The molecule has 0 saturated carbocycles. The molecule has 4 atom stereocenters. The summed E-state index contributed by atoms with van der Waals surface area (Å²) in [4.78, 5) is 40.4. The molecule has 30 heavy (non-hydrogen) atoms. The predicted molar refractivity (Wildman–Crippen MR) is 107 cm³/mol. The van der Waals surface area contributed by atoms with Crippen molar-refractivity contribution in [2.75, 3.05) is 13.2 Å². The standard InChI is InChI=1S/C22H30O8/c1-5-13(2)21(24)29-18-9-16(11-27-15(4)23)7-6-8-17(12-28-26)10-19-20(18)14(3)22(25)30-19/h7,10,13,18-20,26H,3,5-6,8-9,11-12H2,1-2,4H3/b16-7-,17-10-/t13-,18+,19+,20+/m0/s1. The van der Waals surface area contributed by atoms with Crippen molar-refractivity contribution < 1.29 is 38.7 Å². The number of esters is 3. The molecular formula is C22H30O8. The third-order valence-corrected chi connectivity index (χ3v) is 5.42. The predicted octanol–water partition coefficient (Wildman–Crippen LogP) is 3.13. The van der Waals surface area contributed by atoms with Crippen molar-refractivity contribution in [2.24, 2.45) is 11.8 Å². The van der Waals surface area contributed by atoms with Gasteiger partial charge in [0, 0.05) is 18.9 Å². The second-order valence-corrected chi connectivity index (χ2v) is 7.69. The zero-order valence-electron chi connectivity index (χ0n) is 17.7. The Hall–Kier alpha value is -2.45. The third kappa shape index (κ3) is 6.27. The van der Waals surface area contributed by atoms with E-state index in [0.29, 0.717) is 19.3 Å². The molecule has 1 fully saturated rings. The molecule has 0 aromatic rings. The average molecular weight is 422 g/mol. The summed E-state index contributed by atoms with van der Waals surface area (Å²) < 4.78 is 16.4. The van der Waals surface area contributed by atoms with E-state index in [0.717, 1.165) is 11.1 Å². The maximum atomic E-state index is 12.6. The Kier molecular flexibility index (Phi) is 8.80. The van der Waals surface area contributed by atoms with E-state index in [1.807, 2.05) is 13.0 Å². The van der Waals surface area contributed by atoms with Crippen LogP contribution in [0.1, 0.15) is 46.5 Å². The zero-order chi connectivity index (χ0) is 22.3. The highest BCUT2D eigenvalue weighted by Crippen LogP contribution is 2.36. The number of hydrogen-bond donors (Lipinski definition) is 1. The number of allylic oxidation sites excluding steroid dienone is 1. The maximum absolute atomic E-state index is 12.6. The molecule has 1 saturated heterocycles. The van der Waals surface area contributed by atoms with Crippen LogP contribution in [0.25, 0.3) is 0 Å². The van der Waals surface area contributed by atoms with Crippen LogP contribution in [0.5, 0.6) is 0 Å². The van der Waals surface area contributed by atoms with Crippen LogP contribution in [0.15, 0.2) is 35.5 Å². The van der Waals surface area contributed by atoms with Gasteiger partial charge in [-0.25, -0.2) is 9.68 Å². The number of hydrogen-bond acceptors (Lipinski definition) is 8. The monoisotopic (exact) mass is 422 g/mol. The van der Waals surface area contributed by atoms with Gasteiger partial charge in [0.25, 0.3) is 0 Å². The summed E-state index contributed by atoms with van der Waals surface area (Å²) in [5.41, 5.74) is 1.71.